The summed E-state index contributed by atoms with van der Waals surface area (Å²) in [6.07, 6.45) is 5.46. The van der Waals surface area contributed by atoms with E-state index in [4.69, 9.17) is 21.1 Å². The number of rotatable bonds is 8. The lowest BCUT2D eigenvalue weighted by Gasteiger charge is -2.24. The molecule has 2 N–H and O–H groups in total. The summed E-state index contributed by atoms with van der Waals surface area (Å²) in [6, 6.07) is 5.57. The maximum Gasteiger partial charge on any atom is 0.407 e. The number of alkyl carbamates (subject to hydrolysis) is 1. The molecule has 0 aliphatic heterocycles. The molecule has 1 aromatic carbocycles. The van der Waals surface area contributed by atoms with Crippen molar-refractivity contribution in [3.63, 3.8) is 0 Å². The maximum atomic E-state index is 11.9. The van der Waals surface area contributed by atoms with Crippen LogP contribution in [0.2, 0.25) is 5.02 Å². The molecule has 26 heavy (non-hydrogen) atoms. The molecule has 0 bridgehead atoms. The summed E-state index contributed by atoms with van der Waals surface area (Å²) < 4.78 is 10.5. The molecule has 0 spiro atoms. The summed E-state index contributed by atoms with van der Waals surface area (Å²) in [5, 5.41) is 5.93. The summed E-state index contributed by atoms with van der Waals surface area (Å²) in [5.41, 5.74) is 1.09. The smallest absolute Gasteiger partial charge is 0.407 e. The zero-order valence-corrected chi connectivity index (χ0v) is 15.9. The second-order valence-electron chi connectivity index (χ2n) is 6.30. The van der Waals surface area contributed by atoms with Crippen molar-refractivity contribution in [2.75, 3.05) is 26.3 Å². The van der Waals surface area contributed by atoms with Crippen molar-refractivity contribution in [3.8, 4) is 5.75 Å². The minimum atomic E-state index is -0.490. The predicted octanol–water partition coefficient (Wildman–Crippen LogP) is 3.63. The lowest BCUT2D eigenvalue weighted by atomic mass is 9.84. The van der Waals surface area contributed by atoms with Crippen LogP contribution >= 0.6 is 11.6 Å². The van der Waals surface area contributed by atoms with Gasteiger partial charge in [0, 0.05) is 18.1 Å². The molecule has 7 heteroatoms. The standard InChI is InChI=1S/C19H27ClN2O4/c1-2-25-19(24)22-11-10-21-18(23)13-26-17-9-8-15(20)12-16(17)14-6-4-3-5-7-14/h8-9,12,14H,2-7,10-11,13H2,1H3,(H,21,23)(H,22,24). The number of carbonyl (C=O) groups excluding carboxylic acids is 2. The Balaban J connectivity index is 1.79. The van der Waals surface area contributed by atoms with Crippen molar-refractivity contribution < 1.29 is 19.1 Å². The quantitative estimate of drug-likeness (QED) is 0.673. The van der Waals surface area contributed by atoms with E-state index in [0.29, 0.717) is 30.6 Å². The third-order valence-corrected chi connectivity index (χ3v) is 4.60. The SMILES string of the molecule is CCOC(=O)NCCNC(=O)COc1ccc(Cl)cc1C1CCCCC1. The van der Waals surface area contributed by atoms with Gasteiger partial charge in [0.25, 0.3) is 5.91 Å². The lowest BCUT2D eigenvalue weighted by Crippen LogP contribution is -2.37. The van der Waals surface area contributed by atoms with E-state index >= 15 is 0 Å². The van der Waals surface area contributed by atoms with E-state index in [-0.39, 0.29) is 12.5 Å². The van der Waals surface area contributed by atoms with Gasteiger partial charge in [-0.1, -0.05) is 30.9 Å². The Labute approximate surface area is 159 Å². The van der Waals surface area contributed by atoms with E-state index in [1.807, 2.05) is 12.1 Å². The molecule has 0 atom stereocenters. The molecule has 6 nitrogen and oxygen atoms in total. The molecular weight excluding hydrogens is 356 g/mol. The highest BCUT2D eigenvalue weighted by molar-refractivity contribution is 6.30. The number of ether oxygens (including phenoxy) is 2. The number of hydrogen-bond donors (Lipinski definition) is 2. The van der Waals surface area contributed by atoms with Crippen LogP contribution in [0.1, 0.15) is 50.5 Å². The largest absolute Gasteiger partial charge is 0.483 e. The lowest BCUT2D eigenvalue weighted by molar-refractivity contribution is -0.123. The normalized spacial score (nSPS) is 14.5. The Morgan fingerprint density at radius 3 is 2.62 bits per heavy atom. The fourth-order valence-electron chi connectivity index (χ4n) is 3.13. The molecule has 1 fully saturated rings. The van der Waals surface area contributed by atoms with Crippen molar-refractivity contribution in [1.29, 1.82) is 0 Å². The van der Waals surface area contributed by atoms with Crippen molar-refractivity contribution in [2.45, 2.75) is 44.9 Å². The molecular formula is C19H27ClN2O4. The first kappa shape index (κ1) is 20.4. The van der Waals surface area contributed by atoms with Crippen molar-refractivity contribution in [1.82, 2.24) is 10.6 Å². The topological polar surface area (TPSA) is 76.7 Å². The first-order valence-electron chi connectivity index (χ1n) is 9.19. The van der Waals surface area contributed by atoms with Crippen LogP contribution < -0.4 is 15.4 Å². The molecule has 1 saturated carbocycles. The van der Waals surface area contributed by atoms with Crippen LogP contribution in [0.5, 0.6) is 5.75 Å². The summed E-state index contributed by atoms with van der Waals surface area (Å²) in [5.74, 6) is 0.926. The number of hydrogen-bond acceptors (Lipinski definition) is 4. The summed E-state index contributed by atoms with van der Waals surface area (Å²) >= 11 is 6.15. The number of benzene rings is 1. The third-order valence-electron chi connectivity index (χ3n) is 4.37. The van der Waals surface area contributed by atoms with Crippen LogP contribution in [0.25, 0.3) is 0 Å². The number of amides is 2. The second kappa shape index (κ2) is 10.9. The van der Waals surface area contributed by atoms with Gasteiger partial charge in [-0.2, -0.15) is 0 Å². The Morgan fingerprint density at radius 1 is 1.15 bits per heavy atom. The van der Waals surface area contributed by atoms with Gasteiger partial charge in [0.15, 0.2) is 6.61 Å². The first-order chi connectivity index (χ1) is 12.6. The predicted molar refractivity (Wildman–Crippen MR) is 101 cm³/mol. The fraction of sp³-hybridized carbons (Fsp3) is 0.579. The van der Waals surface area contributed by atoms with Gasteiger partial charge in [0.05, 0.1) is 6.61 Å². The molecule has 0 unspecified atom stereocenters. The molecule has 1 aromatic rings. The highest BCUT2D eigenvalue weighted by atomic mass is 35.5. The van der Waals surface area contributed by atoms with E-state index in [2.05, 4.69) is 10.6 Å². The molecule has 0 radical (unpaired) electrons. The minimum Gasteiger partial charge on any atom is -0.483 e. The van der Waals surface area contributed by atoms with Gasteiger partial charge < -0.3 is 20.1 Å². The molecule has 1 aliphatic rings. The number of nitrogens with one attached hydrogen (secondary N) is 2. The van der Waals surface area contributed by atoms with Crippen molar-refractivity contribution in [3.05, 3.63) is 28.8 Å². The molecule has 0 heterocycles. The van der Waals surface area contributed by atoms with Gasteiger partial charge in [0.1, 0.15) is 5.75 Å². The Bertz CT molecular complexity index is 603. The molecule has 144 valence electrons. The van der Waals surface area contributed by atoms with Crippen molar-refractivity contribution >= 4 is 23.6 Å². The number of halogens is 1. The molecule has 1 aliphatic carbocycles. The summed E-state index contributed by atoms with van der Waals surface area (Å²) in [6.45, 7) is 2.60. The zero-order chi connectivity index (χ0) is 18.8. The Hall–Kier alpha value is -1.95. The highest BCUT2D eigenvalue weighted by Crippen LogP contribution is 2.38. The van der Waals surface area contributed by atoms with Crippen LogP contribution in [0.4, 0.5) is 4.79 Å². The van der Waals surface area contributed by atoms with E-state index in [1.165, 1.54) is 19.3 Å². The molecule has 2 rings (SSSR count). The fourth-order valence-corrected chi connectivity index (χ4v) is 3.31. The van der Waals surface area contributed by atoms with Gasteiger partial charge in [-0.25, -0.2) is 4.79 Å². The van der Waals surface area contributed by atoms with Crippen LogP contribution in [-0.2, 0) is 9.53 Å². The monoisotopic (exact) mass is 382 g/mol. The highest BCUT2D eigenvalue weighted by Gasteiger charge is 2.20. The van der Waals surface area contributed by atoms with Crippen LogP contribution in [0, 0.1) is 0 Å². The molecule has 0 aromatic heterocycles. The molecule has 0 saturated heterocycles. The van der Waals surface area contributed by atoms with Crippen LogP contribution in [-0.4, -0.2) is 38.3 Å². The van der Waals surface area contributed by atoms with Gasteiger partial charge in [0.2, 0.25) is 0 Å². The van der Waals surface area contributed by atoms with Crippen LogP contribution in [0.3, 0.4) is 0 Å². The maximum absolute atomic E-state index is 11.9. The van der Waals surface area contributed by atoms with E-state index in [0.717, 1.165) is 24.2 Å². The van der Waals surface area contributed by atoms with Gasteiger partial charge in [-0.05, 0) is 49.4 Å². The van der Waals surface area contributed by atoms with Crippen molar-refractivity contribution in [2.24, 2.45) is 0 Å². The second-order valence-corrected chi connectivity index (χ2v) is 6.74. The van der Waals surface area contributed by atoms with Gasteiger partial charge in [-0.15, -0.1) is 0 Å². The summed E-state index contributed by atoms with van der Waals surface area (Å²) in [7, 11) is 0. The average Bonchev–Trinajstić information content (AvgIpc) is 2.65. The minimum absolute atomic E-state index is 0.0687. The van der Waals surface area contributed by atoms with E-state index in [1.54, 1.807) is 13.0 Å². The third kappa shape index (κ3) is 6.75. The molecule has 2 amide bonds. The van der Waals surface area contributed by atoms with Crippen LogP contribution in [0.15, 0.2) is 18.2 Å². The van der Waals surface area contributed by atoms with Gasteiger partial charge in [-0.3, -0.25) is 4.79 Å². The Kier molecular flexibility index (Phi) is 8.54. The average molecular weight is 383 g/mol. The van der Waals surface area contributed by atoms with Gasteiger partial charge >= 0.3 is 6.09 Å². The van der Waals surface area contributed by atoms with E-state index < -0.39 is 6.09 Å². The Morgan fingerprint density at radius 2 is 1.88 bits per heavy atom. The van der Waals surface area contributed by atoms with E-state index in [9.17, 15) is 9.59 Å². The first-order valence-corrected chi connectivity index (χ1v) is 9.57. The number of carbonyl (C=O) groups is 2. The zero-order valence-electron chi connectivity index (χ0n) is 15.2. The summed E-state index contributed by atoms with van der Waals surface area (Å²) in [4.78, 5) is 23.1.